The van der Waals surface area contributed by atoms with Gasteiger partial charge in [-0.1, -0.05) is 0 Å². The highest BCUT2D eigenvalue weighted by molar-refractivity contribution is 5.34. The van der Waals surface area contributed by atoms with Crippen LogP contribution in [0.2, 0.25) is 0 Å². The van der Waals surface area contributed by atoms with Crippen molar-refractivity contribution in [1.29, 1.82) is 0 Å². The summed E-state index contributed by atoms with van der Waals surface area (Å²) >= 11 is 0. The van der Waals surface area contributed by atoms with Crippen molar-refractivity contribution in [3.8, 4) is 0 Å². The van der Waals surface area contributed by atoms with Gasteiger partial charge < -0.3 is 10.6 Å². The second-order valence-corrected chi connectivity index (χ2v) is 2.92. The van der Waals surface area contributed by atoms with E-state index in [0.717, 1.165) is 18.9 Å². The zero-order valence-electron chi connectivity index (χ0n) is 6.85. The number of nitrogens with zero attached hydrogens (tertiary/aromatic N) is 3. The highest BCUT2D eigenvalue weighted by atomic mass is 15.3. The van der Waals surface area contributed by atoms with Crippen LogP contribution in [-0.4, -0.2) is 29.1 Å². The standard InChI is InChI=1S/C8H12N4/c9-6-7-2-5-12(7)8-10-3-1-4-11-8/h1,3-4,7H,2,5-6,9H2. The van der Waals surface area contributed by atoms with Gasteiger partial charge in [0, 0.05) is 31.5 Å². The van der Waals surface area contributed by atoms with Gasteiger partial charge in [0.1, 0.15) is 0 Å². The average Bonchev–Trinajstić information content (AvgIpc) is 2.05. The summed E-state index contributed by atoms with van der Waals surface area (Å²) in [5, 5.41) is 0. The third-order valence-electron chi connectivity index (χ3n) is 2.23. The quantitative estimate of drug-likeness (QED) is 0.669. The van der Waals surface area contributed by atoms with Crippen molar-refractivity contribution in [1.82, 2.24) is 9.97 Å². The molecule has 0 saturated carbocycles. The maximum Gasteiger partial charge on any atom is 0.225 e. The normalized spacial score (nSPS) is 22.1. The molecule has 1 aliphatic heterocycles. The zero-order chi connectivity index (χ0) is 8.39. The zero-order valence-corrected chi connectivity index (χ0v) is 6.85. The molecule has 4 nitrogen and oxygen atoms in total. The molecule has 0 spiro atoms. The third-order valence-corrected chi connectivity index (χ3v) is 2.23. The van der Waals surface area contributed by atoms with Crippen molar-refractivity contribution in [3.63, 3.8) is 0 Å². The molecule has 64 valence electrons. The smallest absolute Gasteiger partial charge is 0.225 e. The van der Waals surface area contributed by atoms with Crippen LogP contribution >= 0.6 is 0 Å². The molecular formula is C8H12N4. The van der Waals surface area contributed by atoms with E-state index in [1.807, 2.05) is 6.07 Å². The van der Waals surface area contributed by atoms with Gasteiger partial charge in [0.05, 0.1) is 0 Å². The molecule has 0 aromatic carbocycles. The molecule has 1 saturated heterocycles. The summed E-state index contributed by atoms with van der Waals surface area (Å²) in [6.45, 7) is 1.73. The fourth-order valence-electron chi connectivity index (χ4n) is 1.39. The fraction of sp³-hybridized carbons (Fsp3) is 0.500. The Morgan fingerprint density at radius 2 is 2.25 bits per heavy atom. The Kier molecular flexibility index (Phi) is 1.91. The van der Waals surface area contributed by atoms with Gasteiger partial charge in [-0.05, 0) is 12.5 Å². The summed E-state index contributed by atoms with van der Waals surface area (Å²) < 4.78 is 0. The van der Waals surface area contributed by atoms with Gasteiger partial charge in [0.2, 0.25) is 5.95 Å². The highest BCUT2D eigenvalue weighted by Crippen LogP contribution is 2.20. The first-order chi connectivity index (χ1) is 5.92. The summed E-state index contributed by atoms with van der Waals surface area (Å²) in [4.78, 5) is 10.5. The summed E-state index contributed by atoms with van der Waals surface area (Å²) in [6, 6.07) is 2.27. The topological polar surface area (TPSA) is 55.0 Å². The first kappa shape index (κ1) is 7.49. The van der Waals surface area contributed by atoms with E-state index in [4.69, 9.17) is 5.73 Å². The van der Waals surface area contributed by atoms with E-state index in [1.165, 1.54) is 0 Å². The molecule has 2 rings (SSSR count). The minimum absolute atomic E-state index is 0.451. The predicted molar refractivity (Wildman–Crippen MR) is 46.8 cm³/mol. The predicted octanol–water partition coefficient (Wildman–Crippen LogP) is 0.0140. The summed E-state index contributed by atoms with van der Waals surface area (Å²) in [6.07, 6.45) is 4.68. The molecule has 1 aromatic rings. The summed E-state index contributed by atoms with van der Waals surface area (Å²) in [7, 11) is 0. The monoisotopic (exact) mass is 164 g/mol. The van der Waals surface area contributed by atoms with Crippen LogP contribution in [0.15, 0.2) is 18.5 Å². The minimum atomic E-state index is 0.451. The first-order valence-corrected chi connectivity index (χ1v) is 4.15. The van der Waals surface area contributed by atoms with Crippen molar-refractivity contribution < 1.29 is 0 Å². The molecule has 1 unspecified atom stereocenters. The van der Waals surface area contributed by atoms with Gasteiger partial charge in [-0.2, -0.15) is 0 Å². The molecule has 1 aromatic heterocycles. The van der Waals surface area contributed by atoms with Gasteiger partial charge in [-0.3, -0.25) is 0 Å². The lowest BCUT2D eigenvalue weighted by molar-refractivity contribution is 0.447. The molecule has 1 fully saturated rings. The van der Waals surface area contributed by atoms with Crippen molar-refractivity contribution in [2.24, 2.45) is 5.73 Å². The van der Waals surface area contributed by atoms with Gasteiger partial charge in [0.25, 0.3) is 0 Å². The van der Waals surface area contributed by atoms with E-state index in [-0.39, 0.29) is 0 Å². The number of aromatic nitrogens is 2. The van der Waals surface area contributed by atoms with Gasteiger partial charge >= 0.3 is 0 Å². The van der Waals surface area contributed by atoms with E-state index < -0.39 is 0 Å². The van der Waals surface area contributed by atoms with Crippen molar-refractivity contribution in [2.75, 3.05) is 18.0 Å². The van der Waals surface area contributed by atoms with Crippen LogP contribution in [0.3, 0.4) is 0 Å². The lowest BCUT2D eigenvalue weighted by Gasteiger charge is -2.40. The Hall–Kier alpha value is -1.16. The first-order valence-electron chi connectivity index (χ1n) is 4.15. The number of nitrogens with two attached hydrogens (primary N) is 1. The lowest BCUT2D eigenvalue weighted by Crippen LogP contribution is -2.52. The molecule has 0 aliphatic carbocycles. The van der Waals surface area contributed by atoms with E-state index in [9.17, 15) is 0 Å². The van der Waals surface area contributed by atoms with Gasteiger partial charge in [-0.15, -0.1) is 0 Å². The Morgan fingerprint density at radius 3 is 2.75 bits per heavy atom. The molecule has 12 heavy (non-hydrogen) atoms. The number of anilines is 1. The number of rotatable bonds is 2. The summed E-state index contributed by atoms with van der Waals surface area (Å²) in [5.41, 5.74) is 5.56. The van der Waals surface area contributed by atoms with Gasteiger partial charge in [0.15, 0.2) is 0 Å². The Labute approximate surface area is 71.4 Å². The second kappa shape index (κ2) is 3.06. The average molecular weight is 164 g/mol. The van der Waals surface area contributed by atoms with Crippen molar-refractivity contribution in [2.45, 2.75) is 12.5 Å². The van der Waals surface area contributed by atoms with Crippen LogP contribution < -0.4 is 10.6 Å². The molecule has 0 radical (unpaired) electrons. The third kappa shape index (κ3) is 1.14. The maximum absolute atomic E-state index is 5.56. The Morgan fingerprint density at radius 1 is 1.50 bits per heavy atom. The van der Waals surface area contributed by atoms with Crippen molar-refractivity contribution >= 4 is 5.95 Å². The van der Waals surface area contributed by atoms with E-state index in [2.05, 4.69) is 14.9 Å². The number of hydrogen-bond acceptors (Lipinski definition) is 4. The molecule has 4 heteroatoms. The fourth-order valence-corrected chi connectivity index (χ4v) is 1.39. The highest BCUT2D eigenvalue weighted by Gasteiger charge is 2.28. The molecule has 1 aliphatic rings. The molecular weight excluding hydrogens is 152 g/mol. The lowest BCUT2D eigenvalue weighted by atomic mass is 10.0. The summed E-state index contributed by atoms with van der Waals surface area (Å²) in [5.74, 6) is 0.805. The van der Waals surface area contributed by atoms with Crippen LogP contribution in [0.25, 0.3) is 0 Å². The number of hydrogen-bond donors (Lipinski definition) is 1. The largest absolute Gasteiger partial charge is 0.336 e. The second-order valence-electron chi connectivity index (χ2n) is 2.92. The van der Waals surface area contributed by atoms with Crippen LogP contribution in [-0.2, 0) is 0 Å². The molecule has 0 amide bonds. The van der Waals surface area contributed by atoms with Crippen LogP contribution in [0, 0.1) is 0 Å². The molecule has 2 N–H and O–H groups in total. The van der Waals surface area contributed by atoms with E-state index >= 15 is 0 Å². The SMILES string of the molecule is NCC1CCN1c1ncccn1. The maximum atomic E-state index is 5.56. The van der Waals surface area contributed by atoms with E-state index in [0.29, 0.717) is 12.6 Å². The Balaban J connectivity index is 2.11. The van der Waals surface area contributed by atoms with Crippen LogP contribution in [0.4, 0.5) is 5.95 Å². The molecule has 0 bridgehead atoms. The molecule has 1 atom stereocenters. The molecule has 2 heterocycles. The van der Waals surface area contributed by atoms with Gasteiger partial charge in [-0.25, -0.2) is 9.97 Å². The van der Waals surface area contributed by atoms with Crippen LogP contribution in [0.5, 0.6) is 0 Å². The van der Waals surface area contributed by atoms with Crippen molar-refractivity contribution in [3.05, 3.63) is 18.5 Å². The van der Waals surface area contributed by atoms with Crippen LogP contribution in [0.1, 0.15) is 6.42 Å². The Bertz CT molecular complexity index is 246. The minimum Gasteiger partial charge on any atom is -0.336 e. The van der Waals surface area contributed by atoms with E-state index in [1.54, 1.807) is 12.4 Å².